The topological polar surface area (TPSA) is 9.23 Å². The highest BCUT2D eigenvalue weighted by Crippen LogP contribution is 2.62. The number of halogens is 1. The summed E-state index contributed by atoms with van der Waals surface area (Å²) in [6, 6.07) is 0. The first kappa shape index (κ1) is 9.47. The first-order valence-electron chi connectivity index (χ1n) is 5.99. The molecule has 0 bridgehead atoms. The fraction of sp³-hybridized carbons (Fsp3) is 1.00. The highest BCUT2D eigenvalue weighted by molar-refractivity contribution is 6.18. The summed E-state index contributed by atoms with van der Waals surface area (Å²) in [5.74, 6) is 2.94. The highest BCUT2D eigenvalue weighted by Gasteiger charge is 2.53. The van der Waals surface area contributed by atoms with Crippen molar-refractivity contribution in [2.75, 3.05) is 12.5 Å². The summed E-state index contributed by atoms with van der Waals surface area (Å²) < 4.78 is 5.73. The number of rotatable bonds is 3. The van der Waals surface area contributed by atoms with Gasteiger partial charge in [-0.3, -0.25) is 0 Å². The molecule has 1 saturated heterocycles. The molecule has 2 saturated carbocycles. The van der Waals surface area contributed by atoms with Crippen LogP contribution in [0.4, 0.5) is 0 Å². The van der Waals surface area contributed by atoms with Gasteiger partial charge in [-0.15, -0.1) is 11.6 Å². The molecule has 1 aliphatic heterocycles. The zero-order valence-corrected chi connectivity index (χ0v) is 9.43. The van der Waals surface area contributed by atoms with E-state index in [0.717, 1.165) is 24.3 Å². The minimum Gasteiger partial charge on any atom is -0.378 e. The van der Waals surface area contributed by atoms with E-state index in [1.165, 1.54) is 38.5 Å². The van der Waals surface area contributed by atoms with Crippen molar-refractivity contribution in [3.8, 4) is 0 Å². The molecule has 0 N–H and O–H groups in total. The first-order valence-corrected chi connectivity index (χ1v) is 6.52. The molecule has 0 amide bonds. The molecule has 0 aromatic carbocycles. The maximum Gasteiger partial charge on any atom is 0.0581 e. The zero-order chi connectivity index (χ0) is 9.60. The Labute approximate surface area is 91.2 Å². The monoisotopic (exact) mass is 214 g/mol. The molecule has 3 rings (SSSR count). The van der Waals surface area contributed by atoms with Gasteiger partial charge in [0.05, 0.1) is 6.10 Å². The van der Waals surface area contributed by atoms with Crippen molar-refractivity contribution in [2.24, 2.45) is 17.3 Å². The van der Waals surface area contributed by atoms with Crippen LogP contribution in [0.25, 0.3) is 0 Å². The molecule has 14 heavy (non-hydrogen) atoms. The van der Waals surface area contributed by atoms with E-state index in [4.69, 9.17) is 16.3 Å². The van der Waals surface area contributed by atoms with Crippen LogP contribution < -0.4 is 0 Å². The number of hydrogen-bond acceptors (Lipinski definition) is 1. The van der Waals surface area contributed by atoms with Crippen molar-refractivity contribution in [1.29, 1.82) is 0 Å². The van der Waals surface area contributed by atoms with Gasteiger partial charge in [-0.1, -0.05) is 0 Å². The SMILES string of the molecule is ClCC1(CC2CCCO2)CC2CC2C1. The molecule has 3 fully saturated rings. The summed E-state index contributed by atoms with van der Waals surface area (Å²) >= 11 is 6.17. The first-order chi connectivity index (χ1) is 6.81. The van der Waals surface area contributed by atoms with Gasteiger partial charge in [0, 0.05) is 12.5 Å². The molecule has 0 aromatic rings. The lowest BCUT2D eigenvalue weighted by molar-refractivity contribution is 0.0652. The largest absolute Gasteiger partial charge is 0.378 e. The Bertz CT molecular complexity index is 212. The predicted molar refractivity (Wildman–Crippen MR) is 57.6 cm³/mol. The molecular weight excluding hydrogens is 196 g/mol. The Morgan fingerprint density at radius 3 is 2.64 bits per heavy atom. The lowest BCUT2D eigenvalue weighted by Crippen LogP contribution is -2.26. The van der Waals surface area contributed by atoms with E-state index in [0.29, 0.717) is 11.5 Å². The van der Waals surface area contributed by atoms with Crippen molar-refractivity contribution < 1.29 is 4.74 Å². The van der Waals surface area contributed by atoms with Crippen LogP contribution in [-0.2, 0) is 4.74 Å². The second-order valence-corrected chi connectivity index (χ2v) is 5.90. The minimum atomic E-state index is 0.462. The smallest absolute Gasteiger partial charge is 0.0581 e. The van der Waals surface area contributed by atoms with E-state index in [9.17, 15) is 0 Å². The third-order valence-electron chi connectivity index (χ3n) is 4.43. The van der Waals surface area contributed by atoms with Gasteiger partial charge < -0.3 is 4.74 Å². The van der Waals surface area contributed by atoms with Gasteiger partial charge >= 0.3 is 0 Å². The van der Waals surface area contributed by atoms with E-state index in [1.54, 1.807) is 0 Å². The average molecular weight is 215 g/mol. The molecule has 0 radical (unpaired) electrons. The maximum absolute atomic E-state index is 6.17. The summed E-state index contributed by atoms with van der Waals surface area (Å²) in [7, 11) is 0. The zero-order valence-electron chi connectivity index (χ0n) is 8.68. The Hall–Kier alpha value is 0.250. The summed E-state index contributed by atoms with van der Waals surface area (Å²) in [6.45, 7) is 0.982. The fourth-order valence-electron chi connectivity index (χ4n) is 3.62. The third-order valence-corrected chi connectivity index (χ3v) is 4.99. The van der Waals surface area contributed by atoms with E-state index in [1.807, 2.05) is 0 Å². The standard InChI is InChI=1S/C12H19ClO/c13-8-12(5-9-4-10(9)6-12)7-11-2-1-3-14-11/h9-11H,1-8H2. The second-order valence-electron chi connectivity index (χ2n) is 5.64. The molecule has 2 heteroatoms. The molecule has 1 nitrogen and oxygen atoms in total. The van der Waals surface area contributed by atoms with Crippen LogP contribution in [0.5, 0.6) is 0 Å². The summed E-state index contributed by atoms with van der Waals surface area (Å²) in [4.78, 5) is 0. The van der Waals surface area contributed by atoms with Crippen LogP contribution in [0, 0.1) is 17.3 Å². The van der Waals surface area contributed by atoms with Crippen LogP contribution in [-0.4, -0.2) is 18.6 Å². The van der Waals surface area contributed by atoms with Crippen molar-refractivity contribution >= 4 is 11.6 Å². The van der Waals surface area contributed by atoms with E-state index < -0.39 is 0 Å². The average Bonchev–Trinajstić information content (AvgIpc) is 2.68. The summed E-state index contributed by atoms with van der Waals surface area (Å²) in [5.41, 5.74) is 0.462. The van der Waals surface area contributed by atoms with Gasteiger partial charge in [-0.05, 0) is 55.8 Å². The van der Waals surface area contributed by atoms with Gasteiger partial charge in [0.2, 0.25) is 0 Å². The fourth-order valence-corrected chi connectivity index (χ4v) is 3.95. The van der Waals surface area contributed by atoms with Crippen LogP contribution in [0.2, 0.25) is 0 Å². The lowest BCUT2D eigenvalue weighted by Gasteiger charge is -2.30. The Kier molecular flexibility index (Phi) is 2.29. The molecular formula is C12H19ClO. The molecule has 0 spiro atoms. The van der Waals surface area contributed by atoms with E-state index in [2.05, 4.69) is 0 Å². The van der Waals surface area contributed by atoms with Gasteiger partial charge in [0.15, 0.2) is 0 Å². The number of fused-ring (bicyclic) bond motifs is 1. The van der Waals surface area contributed by atoms with E-state index in [-0.39, 0.29) is 0 Å². The van der Waals surface area contributed by atoms with E-state index >= 15 is 0 Å². The lowest BCUT2D eigenvalue weighted by atomic mass is 9.79. The Balaban J connectivity index is 1.62. The maximum atomic E-state index is 6.17. The second kappa shape index (κ2) is 3.38. The van der Waals surface area contributed by atoms with Crippen LogP contribution >= 0.6 is 11.6 Å². The minimum absolute atomic E-state index is 0.462. The van der Waals surface area contributed by atoms with Gasteiger partial charge in [-0.25, -0.2) is 0 Å². The predicted octanol–water partition coefficient (Wildman–Crippen LogP) is 3.21. The summed E-state index contributed by atoms with van der Waals surface area (Å²) in [5, 5.41) is 0. The Morgan fingerprint density at radius 1 is 1.29 bits per heavy atom. The molecule has 2 aliphatic carbocycles. The van der Waals surface area contributed by atoms with Crippen molar-refractivity contribution in [1.82, 2.24) is 0 Å². The number of ether oxygens (including phenoxy) is 1. The summed E-state index contributed by atoms with van der Waals surface area (Å²) in [6.07, 6.45) is 8.57. The Morgan fingerprint density at radius 2 is 2.07 bits per heavy atom. The molecule has 3 unspecified atom stereocenters. The quantitative estimate of drug-likeness (QED) is 0.656. The van der Waals surface area contributed by atoms with Gasteiger partial charge in [0.25, 0.3) is 0 Å². The highest BCUT2D eigenvalue weighted by atomic mass is 35.5. The van der Waals surface area contributed by atoms with Crippen molar-refractivity contribution in [3.05, 3.63) is 0 Å². The normalized spacial score (nSPS) is 50.8. The number of hydrogen-bond donors (Lipinski definition) is 0. The van der Waals surface area contributed by atoms with Crippen LogP contribution in [0.3, 0.4) is 0 Å². The van der Waals surface area contributed by atoms with Crippen molar-refractivity contribution in [3.63, 3.8) is 0 Å². The molecule has 0 aromatic heterocycles. The van der Waals surface area contributed by atoms with Crippen LogP contribution in [0.1, 0.15) is 38.5 Å². The molecule has 80 valence electrons. The molecule has 3 atom stereocenters. The van der Waals surface area contributed by atoms with Gasteiger partial charge in [-0.2, -0.15) is 0 Å². The third kappa shape index (κ3) is 1.59. The number of alkyl halides is 1. The van der Waals surface area contributed by atoms with Gasteiger partial charge in [0.1, 0.15) is 0 Å². The van der Waals surface area contributed by atoms with Crippen LogP contribution in [0.15, 0.2) is 0 Å². The molecule has 1 heterocycles. The molecule has 3 aliphatic rings. The van der Waals surface area contributed by atoms with Crippen molar-refractivity contribution in [2.45, 2.75) is 44.6 Å².